The molecule has 0 N–H and O–H groups in total. The van der Waals surface area contributed by atoms with Gasteiger partial charge >= 0.3 is 0 Å². The van der Waals surface area contributed by atoms with E-state index in [4.69, 9.17) is 0 Å². The fourth-order valence-electron chi connectivity index (χ4n) is 3.25. The third kappa shape index (κ3) is 1.68. The minimum atomic E-state index is -0.416. The number of rotatable bonds is 2. The highest BCUT2D eigenvalue weighted by Gasteiger charge is 2.48. The summed E-state index contributed by atoms with van der Waals surface area (Å²) in [6.07, 6.45) is 5.91. The first-order valence-corrected chi connectivity index (χ1v) is 7.47. The monoisotopic (exact) mass is 281 g/mol. The SMILES string of the molecule is Cc1cncn1-c1ccc2c(c1)N(C1CC1)C(=O)C2(C)C. The Kier molecular flexibility index (Phi) is 2.39. The van der Waals surface area contributed by atoms with Gasteiger partial charge in [0.05, 0.1) is 17.4 Å². The van der Waals surface area contributed by atoms with Crippen LogP contribution in [0.15, 0.2) is 30.7 Å². The zero-order valence-corrected chi connectivity index (χ0v) is 12.6. The van der Waals surface area contributed by atoms with Crippen LogP contribution in [0.25, 0.3) is 5.69 Å². The second kappa shape index (κ2) is 3.97. The molecule has 0 atom stereocenters. The Morgan fingerprint density at radius 3 is 2.67 bits per heavy atom. The fraction of sp³-hybridized carbons (Fsp3) is 0.412. The highest BCUT2D eigenvalue weighted by molar-refractivity contribution is 6.08. The van der Waals surface area contributed by atoms with Crippen molar-refractivity contribution >= 4 is 11.6 Å². The van der Waals surface area contributed by atoms with Crippen molar-refractivity contribution in [3.8, 4) is 5.69 Å². The van der Waals surface area contributed by atoms with Gasteiger partial charge in [-0.25, -0.2) is 4.98 Å². The molecule has 1 fully saturated rings. The molecule has 2 aromatic rings. The molecule has 0 radical (unpaired) electrons. The van der Waals surface area contributed by atoms with Crippen molar-refractivity contribution in [1.29, 1.82) is 0 Å². The van der Waals surface area contributed by atoms with E-state index in [1.165, 1.54) is 0 Å². The van der Waals surface area contributed by atoms with Crippen LogP contribution in [-0.4, -0.2) is 21.5 Å². The molecule has 2 aliphatic rings. The molecule has 4 rings (SSSR count). The maximum absolute atomic E-state index is 12.7. The summed E-state index contributed by atoms with van der Waals surface area (Å²) in [6.45, 7) is 6.09. The van der Waals surface area contributed by atoms with Crippen LogP contribution in [0.5, 0.6) is 0 Å². The first kappa shape index (κ1) is 12.6. The molecule has 0 saturated heterocycles. The number of benzene rings is 1. The van der Waals surface area contributed by atoms with E-state index in [1.54, 1.807) is 0 Å². The molecule has 108 valence electrons. The average Bonchev–Trinajstić information content (AvgIpc) is 3.15. The van der Waals surface area contributed by atoms with Gasteiger partial charge in [-0.05, 0) is 51.3 Å². The molecule has 1 aromatic heterocycles. The maximum Gasteiger partial charge on any atom is 0.237 e. The quantitative estimate of drug-likeness (QED) is 0.848. The van der Waals surface area contributed by atoms with Crippen molar-refractivity contribution in [2.24, 2.45) is 0 Å². The number of aromatic nitrogens is 2. The lowest BCUT2D eigenvalue weighted by atomic mass is 9.86. The Morgan fingerprint density at radius 2 is 2.05 bits per heavy atom. The molecule has 0 spiro atoms. The molecule has 1 aliphatic heterocycles. The van der Waals surface area contributed by atoms with Gasteiger partial charge in [-0.15, -0.1) is 0 Å². The summed E-state index contributed by atoms with van der Waals surface area (Å²) in [5, 5.41) is 0. The lowest BCUT2D eigenvalue weighted by Crippen LogP contribution is -2.37. The van der Waals surface area contributed by atoms with Gasteiger partial charge in [-0.2, -0.15) is 0 Å². The van der Waals surface area contributed by atoms with Crippen molar-refractivity contribution in [2.75, 3.05) is 4.90 Å². The zero-order chi connectivity index (χ0) is 14.8. The summed E-state index contributed by atoms with van der Waals surface area (Å²) >= 11 is 0. The minimum Gasteiger partial charge on any atom is -0.308 e. The molecular formula is C17H19N3O. The summed E-state index contributed by atoms with van der Waals surface area (Å²) in [7, 11) is 0. The van der Waals surface area contributed by atoms with E-state index in [0.717, 1.165) is 35.5 Å². The Balaban J connectivity index is 1.88. The Morgan fingerprint density at radius 1 is 1.29 bits per heavy atom. The van der Waals surface area contributed by atoms with Crippen molar-refractivity contribution in [1.82, 2.24) is 9.55 Å². The Hall–Kier alpha value is -2.10. The predicted octanol–water partition coefficient (Wildman–Crippen LogP) is 2.97. The summed E-state index contributed by atoms with van der Waals surface area (Å²) in [5.41, 5.74) is 3.97. The number of carbonyl (C=O) groups excluding carboxylic acids is 1. The summed E-state index contributed by atoms with van der Waals surface area (Å²) in [5.74, 6) is 0.236. The molecule has 1 saturated carbocycles. The number of carbonyl (C=O) groups is 1. The van der Waals surface area contributed by atoms with Gasteiger partial charge in [0.25, 0.3) is 0 Å². The number of anilines is 1. The number of aryl methyl sites for hydroxylation is 1. The molecular weight excluding hydrogens is 262 g/mol. The second-order valence-electron chi connectivity index (χ2n) is 6.64. The molecule has 21 heavy (non-hydrogen) atoms. The van der Waals surface area contributed by atoms with Gasteiger partial charge in [0.1, 0.15) is 0 Å². The van der Waals surface area contributed by atoms with Crippen molar-refractivity contribution in [3.63, 3.8) is 0 Å². The predicted molar refractivity (Wildman–Crippen MR) is 81.8 cm³/mol. The van der Waals surface area contributed by atoms with Crippen LogP contribution in [0.3, 0.4) is 0 Å². The van der Waals surface area contributed by atoms with E-state index in [-0.39, 0.29) is 5.91 Å². The molecule has 0 unspecified atom stereocenters. The summed E-state index contributed by atoms with van der Waals surface area (Å²) in [6, 6.07) is 6.72. The smallest absolute Gasteiger partial charge is 0.237 e. The average molecular weight is 281 g/mol. The highest BCUT2D eigenvalue weighted by Crippen LogP contribution is 2.47. The molecule has 2 heterocycles. The normalized spacial score (nSPS) is 20.0. The van der Waals surface area contributed by atoms with Crippen LogP contribution in [0, 0.1) is 6.92 Å². The zero-order valence-electron chi connectivity index (χ0n) is 12.6. The van der Waals surface area contributed by atoms with Crippen LogP contribution in [0.2, 0.25) is 0 Å². The van der Waals surface area contributed by atoms with Gasteiger partial charge in [0.2, 0.25) is 5.91 Å². The van der Waals surface area contributed by atoms with Crippen LogP contribution in [-0.2, 0) is 10.2 Å². The van der Waals surface area contributed by atoms with E-state index in [1.807, 2.05) is 38.2 Å². The molecule has 1 aliphatic carbocycles. The number of imidazole rings is 1. The number of nitrogens with zero attached hydrogens (tertiary/aromatic N) is 3. The molecule has 4 heteroatoms. The summed E-state index contributed by atoms with van der Waals surface area (Å²) in [4.78, 5) is 18.9. The van der Waals surface area contributed by atoms with Gasteiger partial charge < -0.3 is 9.47 Å². The topological polar surface area (TPSA) is 38.1 Å². The van der Waals surface area contributed by atoms with E-state index >= 15 is 0 Å². The van der Waals surface area contributed by atoms with E-state index in [9.17, 15) is 4.79 Å². The van der Waals surface area contributed by atoms with E-state index in [2.05, 4.69) is 27.8 Å². The number of hydrogen-bond donors (Lipinski definition) is 0. The number of fused-ring (bicyclic) bond motifs is 1. The maximum atomic E-state index is 12.7. The van der Waals surface area contributed by atoms with E-state index < -0.39 is 5.41 Å². The van der Waals surface area contributed by atoms with Gasteiger partial charge in [0.15, 0.2) is 0 Å². The molecule has 1 amide bonds. The van der Waals surface area contributed by atoms with Gasteiger partial charge in [0, 0.05) is 23.6 Å². The Bertz CT molecular complexity index is 740. The van der Waals surface area contributed by atoms with Crippen molar-refractivity contribution in [3.05, 3.63) is 42.0 Å². The first-order valence-electron chi connectivity index (χ1n) is 7.47. The lowest BCUT2D eigenvalue weighted by molar-refractivity contribution is -0.122. The lowest BCUT2D eigenvalue weighted by Gasteiger charge is -2.19. The molecule has 1 aromatic carbocycles. The van der Waals surface area contributed by atoms with Crippen LogP contribution in [0.4, 0.5) is 5.69 Å². The third-order valence-corrected chi connectivity index (χ3v) is 4.68. The number of amides is 1. The van der Waals surface area contributed by atoms with Crippen LogP contribution < -0.4 is 4.90 Å². The first-order chi connectivity index (χ1) is 10.00. The van der Waals surface area contributed by atoms with Crippen molar-refractivity contribution < 1.29 is 4.79 Å². The van der Waals surface area contributed by atoms with Crippen LogP contribution >= 0.6 is 0 Å². The van der Waals surface area contributed by atoms with Gasteiger partial charge in [-0.3, -0.25) is 4.79 Å². The Labute approximate surface area is 124 Å². The van der Waals surface area contributed by atoms with E-state index in [0.29, 0.717) is 6.04 Å². The second-order valence-corrected chi connectivity index (χ2v) is 6.64. The van der Waals surface area contributed by atoms with Gasteiger partial charge in [-0.1, -0.05) is 6.07 Å². The standard InChI is InChI=1S/C17H19N3O/c1-11-9-18-10-19(11)13-6-7-14-15(8-13)20(12-4-5-12)16(21)17(14,2)3/h6-10,12H,4-5H2,1-3H3. The highest BCUT2D eigenvalue weighted by atomic mass is 16.2. The number of hydrogen-bond acceptors (Lipinski definition) is 2. The third-order valence-electron chi connectivity index (χ3n) is 4.68. The summed E-state index contributed by atoms with van der Waals surface area (Å²) < 4.78 is 2.06. The fourth-order valence-corrected chi connectivity index (χ4v) is 3.25. The largest absolute Gasteiger partial charge is 0.308 e. The van der Waals surface area contributed by atoms with Crippen LogP contribution in [0.1, 0.15) is 37.9 Å². The minimum absolute atomic E-state index is 0.236. The molecule has 4 nitrogen and oxygen atoms in total. The molecule has 0 bridgehead atoms. The van der Waals surface area contributed by atoms with Crippen molar-refractivity contribution in [2.45, 2.75) is 45.1 Å².